The van der Waals surface area contributed by atoms with Gasteiger partial charge in [-0.25, -0.2) is 14.8 Å². The van der Waals surface area contributed by atoms with Gasteiger partial charge >= 0.3 is 5.97 Å². The number of carboxylic acids is 1. The van der Waals surface area contributed by atoms with Crippen LogP contribution in [0.4, 0.5) is 0 Å². The number of rotatable bonds is 3. The third-order valence-electron chi connectivity index (χ3n) is 2.40. The summed E-state index contributed by atoms with van der Waals surface area (Å²) in [5, 5.41) is 8.72. The van der Waals surface area contributed by atoms with Gasteiger partial charge in [0.1, 0.15) is 5.82 Å². The lowest BCUT2D eigenvalue weighted by molar-refractivity contribution is 0.0696. The Morgan fingerprint density at radius 3 is 2.59 bits per heavy atom. The Kier molecular flexibility index (Phi) is 3.14. The first kappa shape index (κ1) is 11.3. The van der Waals surface area contributed by atoms with E-state index in [9.17, 15) is 4.79 Å². The zero-order chi connectivity index (χ0) is 12.3. The molecule has 0 aliphatic carbocycles. The standard InChI is InChI=1S/C13H12N2O2/c1-9-3-2-4-10(5-9)6-12-14-7-11(8-15-12)13(16)17/h2-5,7-8H,6H2,1H3,(H,16,17). The predicted molar refractivity (Wildman–Crippen MR) is 63.0 cm³/mol. The third kappa shape index (κ3) is 2.87. The molecular formula is C13H12N2O2. The van der Waals surface area contributed by atoms with Gasteiger partial charge in [-0.15, -0.1) is 0 Å². The molecule has 0 unspecified atom stereocenters. The van der Waals surface area contributed by atoms with Gasteiger partial charge in [0.25, 0.3) is 0 Å². The lowest BCUT2D eigenvalue weighted by Gasteiger charge is -2.02. The van der Waals surface area contributed by atoms with Gasteiger partial charge in [0, 0.05) is 18.8 Å². The minimum absolute atomic E-state index is 0.109. The monoisotopic (exact) mass is 228 g/mol. The van der Waals surface area contributed by atoms with Crippen molar-refractivity contribution in [1.29, 1.82) is 0 Å². The fourth-order valence-corrected chi connectivity index (χ4v) is 1.56. The zero-order valence-corrected chi connectivity index (χ0v) is 9.42. The van der Waals surface area contributed by atoms with Crippen molar-refractivity contribution in [3.63, 3.8) is 0 Å². The van der Waals surface area contributed by atoms with E-state index in [0.29, 0.717) is 12.2 Å². The van der Waals surface area contributed by atoms with Crippen LogP contribution in [-0.4, -0.2) is 21.0 Å². The van der Waals surface area contributed by atoms with Crippen molar-refractivity contribution < 1.29 is 9.90 Å². The number of aromatic nitrogens is 2. The average molecular weight is 228 g/mol. The molecule has 0 fully saturated rings. The molecular weight excluding hydrogens is 216 g/mol. The molecule has 1 N–H and O–H groups in total. The van der Waals surface area contributed by atoms with E-state index in [0.717, 1.165) is 5.56 Å². The van der Waals surface area contributed by atoms with Crippen molar-refractivity contribution >= 4 is 5.97 Å². The van der Waals surface area contributed by atoms with Crippen molar-refractivity contribution in [2.75, 3.05) is 0 Å². The van der Waals surface area contributed by atoms with Crippen LogP contribution in [-0.2, 0) is 6.42 Å². The summed E-state index contributed by atoms with van der Waals surface area (Å²) in [7, 11) is 0. The van der Waals surface area contributed by atoms with Gasteiger partial charge in [-0.2, -0.15) is 0 Å². The van der Waals surface area contributed by atoms with E-state index in [1.165, 1.54) is 18.0 Å². The molecule has 0 spiro atoms. The normalized spacial score (nSPS) is 10.2. The molecule has 1 aromatic heterocycles. The first-order valence-electron chi connectivity index (χ1n) is 5.25. The van der Waals surface area contributed by atoms with Gasteiger partial charge in [-0.05, 0) is 12.5 Å². The summed E-state index contributed by atoms with van der Waals surface area (Å²) < 4.78 is 0. The summed E-state index contributed by atoms with van der Waals surface area (Å²) in [6.45, 7) is 2.03. The van der Waals surface area contributed by atoms with Crippen molar-refractivity contribution in [2.24, 2.45) is 0 Å². The predicted octanol–water partition coefficient (Wildman–Crippen LogP) is 2.07. The SMILES string of the molecule is Cc1cccc(Cc2ncc(C(=O)O)cn2)c1. The maximum absolute atomic E-state index is 10.6. The van der Waals surface area contributed by atoms with Crippen LogP contribution in [0.15, 0.2) is 36.7 Å². The van der Waals surface area contributed by atoms with E-state index in [1.54, 1.807) is 0 Å². The molecule has 0 bridgehead atoms. The Hall–Kier alpha value is -2.23. The Morgan fingerprint density at radius 2 is 2.00 bits per heavy atom. The lowest BCUT2D eigenvalue weighted by atomic mass is 10.1. The van der Waals surface area contributed by atoms with Crippen molar-refractivity contribution in [3.8, 4) is 0 Å². The molecule has 0 aliphatic heterocycles. The van der Waals surface area contributed by atoms with E-state index in [2.05, 4.69) is 16.0 Å². The van der Waals surface area contributed by atoms with Gasteiger partial charge in [0.05, 0.1) is 5.56 Å². The van der Waals surface area contributed by atoms with Crippen LogP contribution >= 0.6 is 0 Å². The molecule has 0 atom stereocenters. The summed E-state index contributed by atoms with van der Waals surface area (Å²) in [6.07, 6.45) is 3.28. The first-order valence-corrected chi connectivity index (χ1v) is 5.25. The smallest absolute Gasteiger partial charge is 0.338 e. The Labute approximate surface area is 99.0 Å². The van der Waals surface area contributed by atoms with Gasteiger partial charge in [-0.1, -0.05) is 29.8 Å². The fourth-order valence-electron chi connectivity index (χ4n) is 1.56. The topological polar surface area (TPSA) is 63.1 Å². The van der Waals surface area contributed by atoms with E-state index in [1.807, 2.05) is 25.1 Å². The number of carboxylic acid groups (broad SMARTS) is 1. The molecule has 1 aromatic carbocycles. The van der Waals surface area contributed by atoms with Crippen LogP contribution in [0.3, 0.4) is 0 Å². The molecule has 4 nitrogen and oxygen atoms in total. The average Bonchev–Trinajstić information content (AvgIpc) is 2.29. The highest BCUT2D eigenvalue weighted by molar-refractivity contribution is 5.86. The van der Waals surface area contributed by atoms with Crippen LogP contribution in [0.25, 0.3) is 0 Å². The Morgan fingerprint density at radius 1 is 1.29 bits per heavy atom. The second kappa shape index (κ2) is 4.74. The highest BCUT2D eigenvalue weighted by Crippen LogP contribution is 2.08. The quantitative estimate of drug-likeness (QED) is 0.873. The molecule has 0 saturated carbocycles. The highest BCUT2D eigenvalue weighted by Gasteiger charge is 2.04. The summed E-state index contributed by atoms with van der Waals surface area (Å²) in [4.78, 5) is 18.7. The molecule has 2 aromatic rings. The second-order valence-electron chi connectivity index (χ2n) is 3.86. The highest BCUT2D eigenvalue weighted by atomic mass is 16.4. The van der Waals surface area contributed by atoms with E-state index in [-0.39, 0.29) is 5.56 Å². The second-order valence-corrected chi connectivity index (χ2v) is 3.86. The number of hydrogen-bond donors (Lipinski definition) is 1. The van der Waals surface area contributed by atoms with Gasteiger partial charge in [0.15, 0.2) is 0 Å². The van der Waals surface area contributed by atoms with Crippen molar-refractivity contribution in [1.82, 2.24) is 9.97 Å². The van der Waals surface area contributed by atoms with E-state index < -0.39 is 5.97 Å². The van der Waals surface area contributed by atoms with E-state index >= 15 is 0 Å². The minimum atomic E-state index is -1.01. The molecule has 0 amide bonds. The van der Waals surface area contributed by atoms with Gasteiger partial charge in [0.2, 0.25) is 0 Å². The third-order valence-corrected chi connectivity index (χ3v) is 2.40. The van der Waals surface area contributed by atoms with Crippen LogP contribution in [0, 0.1) is 6.92 Å². The number of aromatic carboxylic acids is 1. The maximum atomic E-state index is 10.6. The number of carbonyl (C=O) groups is 1. The Balaban J connectivity index is 2.16. The van der Waals surface area contributed by atoms with Crippen LogP contribution in [0.2, 0.25) is 0 Å². The molecule has 4 heteroatoms. The van der Waals surface area contributed by atoms with Crippen LogP contribution in [0.1, 0.15) is 27.3 Å². The molecule has 1 heterocycles. The van der Waals surface area contributed by atoms with E-state index in [4.69, 9.17) is 5.11 Å². The van der Waals surface area contributed by atoms with Gasteiger partial charge in [-0.3, -0.25) is 0 Å². The summed E-state index contributed by atoms with van der Waals surface area (Å²) >= 11 is 0. The maximum Gasteiger partial charge on any atom is 0.338 e. The first-order chi connectivity index (χ1) is 8.15. The van der Waals surface area contributed by atoms with Crippen LogP contribution < -0.4 is 0 Å². The largest absolute Gasteiger partial charge is 0.478 e. The molecule has 0 saturated heterocycles. The molecule has 0 aliphatic rings. The molecule has 2 rings (SSSR count). The van der Waals surface area contributed by atoms with Crippen LogP contribution in [0.5, 0.6) is 0 Å². The van der Waals surface area contributed by atoms with Crippen molar-refractivity contribution in [3.05, 3.63) is 59.2 Å². The Bertz CT molecular complexity index is 535. The lowest BCUT2D eigenvalue weighted by Crippen LogP contribution is -2.02. The fraction of sp³-hybridized carbons (Fsp3) is 0.154. The summed E-state index contributed by atoms with van der Waals surface area (Å²) in [5.74, 6) is -0.382. The molecule has 0 radical (unpaired) electrons. The molecule has 86 valence electrons. The summed E-state index contributed by atoms with van der Waals surface area (Å²) in [6, 6.07) is 8.07. The van der Waals surface area contributed by atoms with Crippen molar-refractivity contribution in [2.45, 2.75) is 13.3 Å². The van der Waals surface area contributed by atoms with Gasteiger partial charge < -0.3 is 5.11 Å². The number of hydrogen-bond acceptors (Lipinski definition) is 3. The number of nitrogens with zero attached hydrogens (tertiary/aromatic N) is 2. The number of benzene rings is 1. The number of aryl methyl sites for hydroxylation is 1. The zero-order valence-electron chi connectivity index (χ0n) is 9.42. The minimum Gasteiger partial charge on any atom is -0.478 e. The summed E-state index contributed by atoms with van der Waals surface area (Å²) in [5.41, 5.74) is 2.41. The molecule has 17 heavy (non-hydrogen) atoms.